The van der Waals surface area contributed by atoms with Gasteiger partial charge in [0, 0.05) is 18.8 Å². The summed E-state index contributed by atoms with van der Waals surface area (Å²) in [6.45, 7) is 2.19. The fraction of sp³-hybridized carbons (Fsp3) is 0.682. The zero-order chi connectivity index (χ0) is 18.8. The highest BCUT2D eigenvalue weighted by molar-refractivity contribution is 5.70. The zero-order valence-electron chi connectivity index (χ0n) is 15.9. The van der Waals surface area contributed by atoms with Crippen molar-refractivity contribution in [2.45, 2.75) is 83.0 Å². The molecule has 1 fully saturated rings. The van der Waals surface area contributed by atoms with Crippen LogP contribution in [0.5, 0.6) is 0 Å². The SMILES string of the molecule is CCCCC/C=C\C[C@H](O)/C=C/[C@@H](O)[C@@H]1C[C@H]1[C@H]1CC=CCCC(=O)O1. The third kappa shape index (κ3) is 7.46. The summed E-state index contributed by atoms with van der Waals surface area (Å²) in [6.07, 6.45) is 18.4. The average molecular weight is 363 g/mol. The maximum Gasteiger partial charge on any atom is 0.306 e. The van der Waals surface area contributed by atoms with Gasteiger partial charge in [-0.25, -0.2) is 0 Å². The zero-order valence-corrected chi connectivity index (χ0v) is 15.9. The van der Waals surface area contributed by atoms with E-state index in [1.54, 1.807) is 12.2 Å². The Morgan fingerprint density at radius 1 is 1.23 bits per heavy atom. The number of ether oxygens (including phenoxy) is 1. The second-order valence-electron chi connectivity index (χ2n) is 7.48. The lowest BCUT2D eigenvalue weighted by Crippen LogP contribution is -2.23. The normalized spacial score (nSPS) is 28.7. The molecule has 0 bridgehead atoms. The molecule has 146 valence electrons. The summed E-state index contributed by atoms with van der Waals surface area (Å²) < 4.78 is 5.53. The molecule has 0 radical (unpaired) electrons. The van der Waals surface area contributed by atoms with Crippen LogP contribution in [-0.4, -0.2) is 34.5 Å². The van der Waals surface area contributed by atoms with Crippen LogP contribution >= 0.6 is 0 Å². The fourth-order valence-corrected chi connectivity index (χ4v) is 3.47. The predicted octanol–water partition coefficient (Wildman–Crippen LogP) is 4.08. The van der Waals surface area contributed by atoms with E-state index in [9.17, 15) is 15.0 Å². The molecule has 1 aliphatic carbocycles. The first-order valence-electron chi connectivity index (χ1n) is 10.2. The number of aliphatic hydroxyl groups excluding tert-OH is 2. The van der Waals surface area contributed by atoms with Gasteiger partial charge in [0.1, 0.15) is 6.10 Å². The predicted molar refractivity (Wildman–Crippen MR) is 104 cm³/mol. The summed E-state index contributed by atoms with van der Waals surface area (Å²) in [5, 5.41) is 20.3. The van der Waals surface area contributed by atoms with E-state index in [0.717, 1.165) is 25.7 Å². The molecular formula is C22H34O4. The summed E-state index contributed by atoms with van der Waals surface area (Å²) in [7, 11) is 0. The number of esters is 1. The number of aliphatic hydroxyl groups is 2. The molecule has 5 atom stereocenters. The van der Waals surface area contributed by atoms with Crippen molar-refractivity contribution in [2.24, 2.45) is 11.8 Å². The fourth-order valence-electron chi connectivity index (χ4n) is 3.47. The van der Waals surface area contributed by atoms with Crippen molar-refractivity contribution in [1.29, 1.82) is 0 Å². The molecule has 1 aliphatic heterocycles. The van der Waals surface area contributed by atoms with Crippen LogP contribution in [0.3, 0.4) is 0 Å². The average Bonchev–Trinajstić information content (AvgIpc) is 3.39. The van der Waals surface area contributed by atoms with Gasteiger partial charge < -0.3 is 14.9 Å². The van der Waals surface area contributed by atoms with Crippen LogP contribution in [0.1, 0.15) is 64.7 Å². The smallest absolute Gasteiger partial charge is 0.306 e. The third-order valence-corrected chi connectivity index (χ3v) is 5.19. The quantitative estimate of drug-likeness (QED) is 0.349. The second kappa shape index (κ2) is 11.3. The maximum absolute atomic E-state index is 11.7. The molecule has 4 nitrogen and oxygen atoms in total. The Bertz CT molecular complexity index is 508. The number of hydrogen-bond acceptors (Lipinski definition) is 4. The Hall–Kier alpha value is -1.39. The monoisotopic (exact) mass is 362 g/mol. The molecule has 0 amide bonds. The molecular weight excluding hydrogens is 328 g/mol. The minimum atomic E-state index is -0.587. The van der Waals surface area contributed by atoms with E-state index in [4.69, 9.17) is 4.74 Å². The Labute approximate surface area is 157 Å². The van der Waals surface area contributed by atoms with E-state index in [0.29, 0.717) is 12.8 Å². The highest BCUT2D eigenvalue weighted by atomic mass is 16.5. The van der Waals surface area contributed by atoms with E-state index < -0.39 is 12.2 Å². The standard InChI is InChI=1S/C22H34O4/c1-2-3-4-5-6-8-11-17(23)14-15-20(24)18-16-19(18)21-12-9-7-10-13-22(25)26-21/h6-9,14-15,17-21,23-24H,2-5,10-13,16H2,1H3/b8-6-,9-7?,15-14+/t17-,18+,19+,20+,21+/m0/s1. The van der Waals surface area contributed by atoms with Gasteiger partial charge >= 0.3 is 5.97 Å². The van der Waals surface area contributed by atoms with Crippen LogP contribution in [0.2, 0.25) is 0 Å². The van der Waals surface area contributed by atoms with Crippen LogP contribution < -0.4 is 0 Å². The third-order valence-electron chi connectivity index (χ3n) is 5.19. The highest BCUT2D eigenvalue weighted by Crippen LogP contribution is 2.46. The van der Waals surface area contributed by atoms with Gasteiger partial charge in [-0.05, 0) is 38.0 Å². The van der Waals surface area contributed by atoms with E-state index in [1.807, 2.05) is 12.2 Å². The van der Waals surface area contributed by atoms with E-state index in [-0.39, 0.29) is 23.9 Å². The topological polar surface area (TPSA) is 66.8 Å². The first-order chi connectivity index (χ1) is 12.6. The van der Waals surface area contributed by atoms with Gasteiger partial charge in [0.25, 0.3) is 0 Å². The van der Waals surface area contributed by atoms with Gasteiger partial charge in [-0.15, -0.1) is 0 Å². The van der Waals surface area contributed by atoms with Crippen LogP contribution in [0.15, 0.2) is 36.5 Å². The molecule has 2 rings (SSSR count). The van der Waals surface area contributed by atoms with Crippen molar-refractivity contribution in [2.75, 3.05) is 0 Å². The van der Waals surface area contributed by atoms with Crippen LogP contribution in [-0.2, 0) is 9.53 Å². The van der Waals surface area contributed by atoms with Crippen LogP contribution in [0, 0.1) is 11.8 Å². The molecule has 1 heterocycles. The first kappa shape index (κ1) is 20.9. The van der Waals surface area contributed by atoms with Crippen molar-refractivity contribution in [1.82, 2.24) is 0 Å². The van der Waals surface area contributed by atoms with Gasteiger partial charge in [-0.1, -0.05) is 56.2 Å². The van der Waals surface area contributed by atoms with Gasteiger partial charge in [0.2, 0.25) is 0 Å². The van der Waals surface area contributed by atoms with Gasteiger partial charge in [-0.2, -0.15) is 0 Å². The molecule has 0 aromatic rings. The highest BCUT2D eigenvalue weighted by Gasteiger charge is 2.47. The number of carbonyl (C=O) groups is 1. The lowest BCUT2D eigenvalue weighted by Gasteiger charge is -2.19. The molecule has 0 spiro atoms. The molecule has 1 saturated carbocycles. The van der Waals surface area contributed by atoms with Crippen molar-refractivity contribution in [3.8, 4) is 0 Å². The lowest BCUT2D eigenvalue weighted by molar-refractivity contribution is -0.150. The summed E-state index contributed by atoms with van der Waals surface area (Å²) in [4.78, 5) is 11.7. The Morgan fingerprint density at radius 3 is 2.88 bits per heavy atom. The van der Waals surface area contributed by atoms with Crippen molar-refractivity contribution < 1.29 is 19.7 Å². The van der Waals surface area contributed by atoms with E-state index in [2.05, 4.69) is 19.1 Å². The molecule has 0 unspecified atom stereocenters. The van der Waals surface area contributed by atoms with Gasteiger partial charge in [0.05, 0.1) is 12.2 Å². The number of cyclic esters (lactones) is 1. The summed E-state index contributed by atoms with van der Waals surface area (Å²) in [5.41, 5.74) is 0. The summed E-state index contributed by atoms with van der Waals surface area (Å²) >= 11 is 0. The second-order valence-corrected chi connectivity index (χ2v) is 7.48. The minimum absolute atomic E-state index is 0.119. The van der Waals surface area contributed by atoms with Crippen molar-refractivity contribution in [3.63, 3.8) is 0 Å². The molecule has 26 heavy (non-hydrogen) atoms. The number of carbonyl (C=O) groups excluding carboxylic acids is 1. The van der Waals surface area contributed by atoms with E-state index in [1.165, 1.54) is 19.3 Å². The van der Waals surface area contributed by atoms with Gasteiger partial charge in [0.15, 0.2) is 0 Å². The Morgan fingerprint density at radius 2 is 2.08 bits per heavy atom. The number of rotatable bonds is 10. The summed E-state index contributed by atoms with van der Waals surface area (Å²) in [6, 6.07) is 0. The van der Waals surface area contributed by atoms with Crippen molar-refractivity contribution in [3.05, 3.63) is 36.5 Å². The van der Waals surface area contributed by atoms with Crippen molar-refractivity contribution >= 4 is 5.97 Å². The first-order valence-corrected chi connectivity index (χ1v) is 10.2. The lowest BCUT2D eigenvalue weighted by atomic mass is 10.0. The Kier molecular flexibility index (Phi) is 9.13. The van der Waals surface area contributed by atoms with E-state index >= 15 is 0 Å². The number of hydrogen-bond donors (Lipinski definition) is 2. The molecule has 2 N–H and O–H groups in total. The summed E-state index contributed by atoms with van der Waals surface area (Å²) in [5.74, 6) is 0.196. The molecule has 0 aromatic heterocycles. The number of allylic oxidation sites excluding steroid dienone is 2. The molecule has 2 aliphatic rings. The van der Waals surface area contributed by atoms with Gasteiger partial charge in [-0.3, -0.25) is 4.79 Å². The van der Waals surface area contributed by atoms with Crippen LogP contribution in [0.25, 0.3) is 0 Å². The number of unbranched alkanes of at least 4 members (excludes halogenated alkanes) is 3. The maximum atomic E-state index is 11.7. The van der Waals surface area contributed by atoms with Crippen LogP contribution in [0.4, 0.5) is 0 Å². The largest absolute Gasteiger partial charge is 0.462 e. The Balaban J connectivity index is 1.70. The molecule has 0 aromatic carbocycles. The minimum Gasteiger partial charge on any atom is -0.462 e. The molecule has 0 saturated heterocycles. The molecule has 4 heteroatoms.